The smallest absolute Gasteiger partial charge is 0.303 e. The Bertz CT molecular complexity index is 675. The van der Waals surface area contributed by atoms with Crippen LogP contribution in [0.4, 0.5) is 0 Å². The van der Waals surface area contributed by atoms with Crippen LogP contribution < -0.4 is 0 Å². The predicted octanol–water partition coefficient (Wildman–Crippen LogP) is 0.542. The summed E-state index contributed by atoms with van der Waals surface area (Å²) in [6.45, 7) is 1.07. The lowest BCUT2D eigenvalue weighted by Crippen LogP contribution is -2.50. The van der Waals surface area contributed by atoms with Crippen molar-refractivity contribution in [1.29, 1.82) is 0 Å². The highest BCUT2D eigenvalue weighted by atomic mass is 32.2. The van der Waals surface area contributed by atoms with Crippen molar-refractivity contribution in [2.24, 2.45) is 10.3 Å². The third kappa shape index (κ3) is 1.99. The van der Waals surface area contributed by atoms with Crippen LogP contribution in [0.3, 0.4) is 0 Å². The van der Waals surface area contributed by atoms with Crippen LogP contribution in [0.2, 0.25) is 0 Å². The van der Waals surface area contributed by atoms with E-state index >= 15 is 0 Å². The number of carbonyl (C=O) groups is 1. The Morgan fingerprint density at radius 1 is 1.37 bits per heavy atom. The van der Waals surface area contributed by atoms with Crippen LogP contribution >= 0.6 is 0 Å². The topological polar surface area (TPSA) is 87.0 Å². The lowest BCUT2D eigenvalue weighted by atomic mass is 9.95. The molecule has 0 spiro atoms. The standard InChI is InChI=1S/C12H12N2O4S/c15-11(16)5-8-6-14(7-8)12-9-3-1-2-4-10(9)19(17,18)13-12/h1-4,8H,5-7H2,(H,15,16). The molecule has 0 saturated carbocycles. The number of fused-ring (bicyclic) bond motifs is 1. The van der Waals surface area contributed by atoms with Crippen LogP contribution in [0, 0.1) is 5.92 Å². The zero-order chi connectivity index (χ0) is 13.6. The number of likely N-dealkylation sites (tertiary alicyclic amines) is 1. The van der Waals surface area contributed by atoms with Crippen LogP contribution in [0.15, 0.2) is 33.6 Å². The van der Waals surface area contributed by atoms with E-state index in [9.17, 15) is 13.2 Å². The molecule has 0 aromatic heterocycles. The average Bonchev–Trinajstić information content (AvgIpc) is 2.56. The number of benzene rings is 1. The molecular weight excluding hydrogens is 268 g/mol. The van der Waals surface area contributed by atoms with Gasteiger partial charge in [0, 0.05) is 24.6 Å². The quantitative estimate of drug-likeness (QED) is 0.854. The minimum Gasteiger partial charge on any atom is -0.481 e. The van der Waals surface area contributed by atoms with Gasteiger partial charge in [-0.2, -0.15) is 8.42 Å². The molecule has 1 N–H and O–H groups in total. The number of sulfonamides is 1. The number of aliphatic carboxylic acids is 1. The molecule has 19 heavy (non-hydrogen) atoms. The Hall–Kier alpha value is -1.89. The van der Waals surface area contributed by atoms with Crippen LogP contribution in [0.25, 0.3) is 0 Å². The second-order valence-corrected chi connectivity index (χ2v) is 6.33. The fraction of sp³-hybridized carbons (Fsp3) is 0.333. The first-order valence-corrected chi connectivity index (χ1v) is 7.32. The highest BCUT2D eigenvalue weighted by molar-refractivity contribution is 7.90. The minimum atomic E-state index is -3.59. The van der Waals surface area contributed by atoms with Crippen molar-refractivity contribution in [3.63, 3.8) is 0 Å². The number of carboxylic acids is 1. The SMILES string of the molecule is O=C(O)CC1CN(C2=NS(=O)(=O)c3ccccc32)C1. The molecule has 2 heterocycles. The lowest BCUT2D eigenvalue weighted by Gasteiger charge is -2.39. The van der Waals surface area contributed by atoms with E-state index in [1.165, 1.54) is 6.07 Å². The molecule has 0 bridgehead atoms. The molecule has 1 aromatic rings. The molecule has 0 aliphatic carbocycles. The first kappa shape index (κ1) is 12.2. The summed E-state index contributed by atoms with van der Waals surface area (Å²) >= 11 is 0. The number of hydrogen-bond donors (Lipinski definition) is 1. The molecule has 0 atom stereocenters. The van der Waals surface area contributed by atoms with E-state index in [0.717, 1.165) is 0 Å². The summed E-state index contributed by atoms with van der Waals surface area (Å²) in [7, 11) is -3.59. The maximum Gasteiger partial charge on any atom is 0.303 e. The van der Waals surface area contributed by atoms with E-state index in [0.29, 0.717) is 24.5 Å². The summed E-state index contributed by atoms with van der Waals surface area (Å²) in [5.41, 5.74) is 0.608. The second kappa shape index (κ2) is 4.06. The van der Waals surface area contributed by atoms with Crippen molar-refractivity contribution in [3.8, 4) is 0 Å². The number of carboxylic acid groups (broad SMARTS) is 1. The van der Waals surface area contributed by atoms with Gasteiger partial charge in [0.25, 0.3) is 10.0 Å². The molecular formula is C12H12N2O4S. The molecule has 1 saturated heterocycles. The van der Waals surface area contributed by atoms with Gasteiger partial charge in [-0.25, -0.2) is 0 Å². The molecule has 1 fully saturated rings. The van der Waals surface area contributed by atoms with Crippen molar-refractivity contribution in [2.45, 2.75) is 11.3 Å². The third-order valence-corrected chi connectivity index (χ3v) is 4.66. The van der Waals surface area contributed by atoms with Crippen LogP contribution in [0.5, 0.6) is 0 Å². The van der Waals surface area contributed by atoms with Crippen molar-refractivity contribution < 1.29 is 18.3 Å². The summed E-state index contributed by atoms with van der Waals surface area (Å²) in [5.74, 6) is -0.320. The van der Waals surface area contributed by atoms with Gasteiger partial charge in [0.15, 0.2) is 5.84 Å². The molecule has 0 unspecified atom stereocenters. The summed E-state index contributed by atoms with van der Waals surface area (Å²) in [6.07, 6.45) is 0.109. The number of hydrogen-bond acceptors (Lipinski definition) is 4. The highest BCUT2D eigenvalue weighted by Gasteiger charge is 2.37. The molecule has 2 aliphatic rings. The Balaban J connectivity index is 1.83. The van der Waals surface area contributed by atoms with Crippen molar-refractivity contribution in [2.75, 3.05) is 13.1 Å². The largest absolute Gasteiger partial charge is 0.481 e. The molecule has 100 valence electrons. The van der Waals surface area contributed by atoms with Gasteiger partial charge in [0.1, 0.15) is 4.90 Å². The maximum absolute atomic E-state index is 11.9. The lowest BCUT2D eigenvalue weighted by molar-refractivity contribution is -0.139. The van der Waals surface area contributed by atoms with Gasteiger partial charge in [-0.3, -0.25) is 4.79 Å². The Kier molecular flexibility index (Phi) is 2.60. The van der Waals surface area contributed by atoms with Crippen LogP contribution in [-0.2, 0) is 14.8 Å². The van der Waals surface area contributed by atoms with Gasteiger partial charge in [-0.1, -0.05) is 12.1 Å². The number of amidine groups is 1. The van der Waals surface area contributed by atoms with E-state index in [1.54, 1.807) is 18.2 Å². The molecule has 0 amide bonds. The van der Waals surface area contributed by atoms with Crippen molar-refractivity contribution in [1.82, 2.24) is 4.90 Å². The van der Waals surface area contributed by atoms with E-state index in [4.69, 9.17) is 5.11 Å². The van der Waals surface area contributed by atoms with Crippen molar-refractivity contribution >= 4 is 21.8 Å². The van der Waals surface area contributed by atoms with Gasteiger partial charge in [-0.05, 0) is 12.1 Å². The number of nitrogens with zero attached hydrogens (tertiary/aromatic N) is 2. The van der Waals surface area contributed by atoms with Crippen molar-refractivity contribution in [3.05, 3.63) is 29.8 Å². The Morgan fingerprint density at radius 2 is 2.05 bits per heavy atom. The minimum absolute atomic E-state index is 0.0654. The fourth-order valence-electron chi connectivity index (χ4n) is 2.44. The monoisotopic (exact) mass is 280 g/mol. The zero-order valence-electron chi connectivity index (χ0n) is 9.98. The fourth-order valence-corrected chi connectivity index (χ4v) is 3.66. The summed E-state index contributed by atoms with van der Waals surface area (Å²) < 4.78 is 27.5. The maximum atomic E-state index is 11.9. The first-order valence-electron chi connectivity index (χ1n) is 5.88. The van der Waals surface area contributed by atoms with Gasteiger partial charge in [-0.15, -0.1) is 4.40 Å². The molecule has 1 aromatic carbocycles. The molecule has 7 heteroatoms. The highest BCUT2D eigenvalue weighted by Crippen LogP contribution is 2.31. The Morgan fingerprint density at radius 3 is 2.74 bits per heavy atom. The molecule has 0 radical (unpaired) electrons. The van der Waals surface area contributed by atoms with E-state index in [2.05, 4.69) is 4.40 Å². The first-order chi connectivity index (χ1) is 8.97. The van der Waals surface area contributed by atoms with Gasteiger partial charge >= 0.3 is 5.97 Å². The molecule has 2 aliphatic heterocycles. The van der Waals surface area contributed by atoms with Gasteiger partial charge < -0.3 is 10.0 Å². The van der Waals surface area contributed by atoms with Crippen LogP contribution in [0.1, 0.15) is 12.0 Å². The van der Waals surface area contributed by atoms with E-state index < -0.39 is 16.0 Å². The van der Waals surface area contributed by atoms with Gasteiger partial charge in [0.2, 0.25) is 0 Å². The zero-order valence-corrected chi connectivity index (χ0v) is 10.8. The second-order valence-electron chi connectivity index (χ2n) is 4.75. The molecule has 6 nitrogen and oxygen atoms in total. The summed E-state index contributed by atoms with van der Waals surface area (Å²) in [6, 6.07) is 6.70. The summed E-state index contributed by atoms with van der Waals surface area (Å²) in [5, 5.41) is 8.70. The predicted molar refractivity (Wildman–Crippen MR) is 67.5 cm³/mol. The molecule has 3 rings (SSSR count). The van der Waals surface area contributed by atoms with E-state index in [-0.39, 0.29) is 17.2 Å². The average molecular weight is 280 g/mol. The van der Waals surface area contributed by atoms with E-state index in [1.807, 2.05) is 4.90 Å². The third-order valence-electron chi connectivity index (χ3n) is 3.33. The van der Waals surface area contributed by atoms with Crippen LogP contribution in [-0.4, -0.2) is 43.3 Å². The Labute approximate surface area is 110 Å². The number of rotatable bonds is 2. The normalized spacial score (nSPS) is 20.6. The van der Waals surface area contributed by atoms with Gasteiger partial charge in [0.05, 0.1) is 6.42 Å². The summed E-state index contributed by atoms with van der Waals surface area (Å²) in [4.78, 5) is 12.6.